The molecule has 3 aliphatic rings. The molecule has 3 fully saturated rings. The molecule has 0 aromatic rings. The predicted molar refractivity (Wildman–Crippen MR) is 96.9 cm³/mol. The van der Waals surface area contributed by atoms with Crippen molar-refractivity contribution in [3.63, 3.8) is 0 Å². The van der Waals surface area contributed by atoms with E-state index >= 15 is 0 Å². The molecule has 0 aliphatic heterocycles. The lowest BCUT2D eigenvalue weighted by Crippen LogP contribution is -2.25. The topological polar surface area (TPSA) is 0 Å². The van der Waals surface area contributed by atoms with Gasteiger partial charge in [0.1, 0.15) is 0 Å². The zero-order valence-electron chi connectivity index (χ0n) is 15.4. The number of unbranched alkanes of at least 4 members (excludes halogenated alkanes) is 4. The van der Waals surface area contributed by atoms with Crippen molar-refractivity contribution in [2.45, 2.75) is 104 Å². The SMILES string of the molecule is CCCCCC1CC2CC3CC(CCCCC)CC3CC2C1. The molecule has 0 saturated heterocycles. The predicted octanol–water partition coefficient (Wildman–Crippen LogP) is 7.23. The van der Waals surface area contributed by atoms with Gasteiger partial charge < -0.3 is 0 Å². The summed E-state index contributed by atoms with van der Waals surface area (Å²) in [5.74, 6) is 6.79. The van der Waals surface area contributed by atoms with E-state index in [-0.39, 0.29) is 0 Å². The van der Waals surface area contributed by atoms with Crippen LogP contribution < -0.4 is 0 Å². The van der Waals surface area contributed by atoms with Crippen molar-refractivity contribution in [1.29, 1.82) is 0 Å². The highest BCUT2D eigenvalue weighted by molar-refractivity contribution is 4.96. The average molecular weight is 305 g/mol. The molecular weight excluding hydrogens is 264 g/mol. The van der Waals surface area contributed by atoms with Crippen LogP contribution in [0.1, 0.15) is 104 Å². The van der Waals surface area contributed by atoms with Gasteiger partial charge in [0.25, 0.3) is 0 Å². The molecule has 0 radical (unpaired) electrons. The number of hydrogen-bond acceptors (Lipinski definition) is 0. The third-order valence-corrected chi connectivity index (χ3v) is 7.52. The van der Waals surface area contributed by atoms with E-state index in [1.807, 2.05) is 0 Å². The van der Waals surface area contributed by atoms with Gasteiger partial charge in [0, 0.05) is 0 Å². The van der Waals surface area contributed by atoms with Crippen LogP contribution in [0.25, 0.3) is 0 Å². The molecular formula is C22H40. The van der Waals surface area contributed by atoms with E-state index in [0.717, 1.165) is 35.5 Å². The number of fused-ring (bicyclic) bond motifs is 2. The van der Waals surface area contributed by atoms with Gasteiger partial charge in [0.05, 0.1) is 0 Å². The summed E-state index contributed by atoms with van der Waals surface area (Å²) in [6.45, 7) is 4.68. The first-order valence-corrected chi connectivity index (χ1v) is 10.8. The van der Waals surface area contributed by atoms with Crippen LogP contribution >= 0.6 is 0 Å². The Balaban J connectivity index is 1.42. The maximum atomic E-state index is 2.34. The van der Waals surface area contributed by atoms with Crippen LogP contribution in [0, 0.1) is 35.5 Å². The Kier molecular flexibility index (Phi) is 6.28. The number of rotatable bonds is 8. The standard InChI is InChI=1S/C22H40/c1-3-5-7-9-17-11-19-15-21-13-18(10-8-6-4-2)14-22(21)16-20(19)12-17/h17-22H,3-16H2,1-2H3. The Morgan fingerprint density at radius 2 is 0.864 bits per heavy atom. The van der Waals surface area contributed by atoms with Crippen molar-refractivity contribution < 1.29 is 0 Å². The largest absolute Gasteiger partial charge is 0.0654 e. The molecule has 0 aromatic heterocycles. The molecule has 3 saturated carbocycles. The zero-order valence-corrected chi connectivity index (χ0v) is 15.4. The average Bonchev–Trinajstić information content (AvgIpc) is 3.07. The van der Waals surface area contributed by atoms with Gasteiger partial charge in [-0.15, -0.1) is 0 Å². The monoisotopic (exact) mass is 304 g/mol. The van der Waals surface area contributed by atoms with Crippen molar-refractivity contribution in [2.75, 3.05) is 0 Å². The van der Waals surface area contributed by atoms with Crippen LogP contribution in [-0.2, 0) is 0 Å². The zero-order chi connectivity index (χ0) is 15.4. The third kappa shape index (κ3) is 4.09. The molecule has 0 bridgehead atoms. The molecule has 4 unspecified atom stereocenters. The molecule has 0 amide bonds. The minimum Gasteiger partial charge on any atom is -0.0654 e. The molecule has 0 N–H and O–H groups in total. The normalized spacial score (nSPS) is 40.6. The minimum absolute atomic E-state index is 1.11. The van der Waals surface area contributed by atoms with Crippen molar-refractivity contribution in [3.05, 3.63) is 0 Å². The fourth-order valence-corrected chi connectivity index (χ4v) is 6.44. The summed E-state index contributed by atoms with van der Waals surface area (Å²) >= 11 is 0. The lowest BCUT2D eigenvalue weighted by Gasteiger charge is -2.34. The number of hydrogen-bond donors (Lipinski definition) is 0. The van der Waals surface area contributed by atoms with E-state index in [9.17, 15) is 0 Å². The molecule has 3 aliphatic carbocycles. The lowest BCUT2D eigenvalue weighted by molar-refractivity contribution is 0.157. The fourth-order valence-electron chi connectivity index (χ4n) is 6.44. The van der Waals surface area contributed by atoms with Gasteiger partial charge in [-0.1, -0.05) is 65.2 Å². The van der Waals surface area contributed by atoms with E-state index in [1.54, 1.807) is 51.4 Å². The first-order valence-electron chi connectivity index (χ1n) is 10.8. The van der Waals surface area contributed by atoms with Gasteiger partial charge in [-0.05, 0) is 74.0 Å². The highest BCUT2D eigenvalue weighted by Gasteiger charge is 2.45. The molecule has 128 valence electrons. The minimum atomic E-state index is 1.11. The summed E-state index contributed by atoms with van der Waals surface area (Å²) in [7, 11) is 0. The molecule has 0 nitrogen and oxygen atoms in total. The maximum Gasteiger partial charge on any atom is -0.0380 e. The van der Waals surface area contributed by atoms with Crippen LogP contribution in [0.15, 0.2) is 0 Å². The summed E-state index contributed by atoms with van der Waals surface area (Å²) in [5.41, 5.74) is 0. The first kappa shape index (κ1) is 16.8. The Labute approximate surface area is 139 Å². The third-order valence-electron chi connectivity index (χ3n) is 7.52. The Hall–Kier alpha value is 0. The maximum absolute atomic E-state index is 2.34. The van der Waals surface area contributed by atoms with E-state index in [0.29, 0.717) is 0 Å². The van der Waals surface area contributed by atoms with Gasteiger partial charge >= 0.3 is 0 Å². The first-order chi connectivity index (χ1) is 10.8. The van der Waals surface area contributed by atoms with Gasteiger partial charge in [-0.2, -0.15) is 0 Å². The highest BCUT2D eigenvalue weighted by atomic mass is 14.5. The van der Waals surface area contributed by atoms with Crippen molar-refractivity contribution in [1.82, 2.24) is 0 Å². The Bertz CT molecular complexity index is 268. The lowest BCUT2D eigenvalue weighted by atomic mass is 9.71. The van der Waals surface area contributed by atoms with Gasteiger partial charge in [-0.3, -0.25) is 0 Å². The van der Waals surface area contributed by atoms with Crippen LogP contribution in [0.3, 0.4) is 0 Å². The highest BCUT2D eigenvalue weighted by Crippen LogP contribution is 2.56. The van der Waals surface area contributed by atoms with Crippen LogP contribution in [0.4, 0.5) is 0 Å². The fraction of sp³-hybridized carbons (Fsp3) is 1.00. The van der Waals surface area contributed by atoms with Crippen molar-refractivity contribution in [2.24, 2.45) is 35.5 Å². The summed E-state index contributed by atoms with van der Waals surface area (Å²) in [6.07, 6.45) is 21.5. The molecule has 3 rings (SSSR count). The van der Waals surface area contributed by atoms with E-state index in [4.69, 9.17) is 0 Å². The molecule has 22 heavy (non-hydrogen) atoms. The Morgan fingerprint density at radius 1 is 0.500 bits per heavy atom. The summed E-state index contributed by atoms with van der Waals surface area (Å²) in [5, 5.41) is 0. The second-order valence-electron chi connectivity index (χ2n) is 9.18. The van der Waals surface area contributed by atoms with Crippen molar-refractivity contribution >= 4 is 0 Å². The van der Waals surface area contributed by atoms with E-state index in [2.05, 4.69) is 13.8 Å². The molecule has 0 aromatic carbocycles. The Morgan fingerprint density at radius 3 is 1.18 bits per heavy atom. The molecule has 4 atom stereocenters. The second kappa shape index (κ2) is 8.20. The molecule has 0 heteroatoms. The summed E-state index contributed by atoms with van der Waals surface area (Å²) in [6, 6.07) is 0. The smallest absolute Gasteiger partial charge is 0.0380 e. The summed E-state index contributed by atoms with van der Waals surface area (Å²) in [4.78, 5) is 0. The molecule has 0 heterocycles. The van der Waals surface area contributed by atoms with Gasteiger partial charge in [0.2, 0.25) is 0 Å². The van der Waals surface area contributed by atoms with Crippen LogP contribution in [0.5, 0.6) is 0 Å². The van der Waals surface area contributed by atoms with E-state index in [1.165, 1.54) is 38.5 Å². The van der Waals surface area contributed by atoms with E-state index < -0.39 is 0 Å². The summed E-state index contributed by atoms with van der Waals surface area (Å²) < 4.78 is 0. The van der Waals surface area contributed by atoms with Crippen LogP contribution in [-0.4, -0.2) is 0 Å². The molecule has 0 spiro atoms. The second-order valence-corrected chi connectivity index (χ2v) is 9.18. The van der Waals surface area contributed by atoms with Gasteiger partial charge in [0.15, 0.2) is 0 Å². The quantitative estimate of drug-likeness (QED) is 0.415. The van der Waals surface area contributed by atoms with Crippen molar-refractivity contribution in [3.8, 4) is 0 Å². The van der Waals surface area contributed by atoms with Gasteiger partial charge in [-0.25, -0.2) is 0 Å². The van der Waals surface area contributed by atoms with Crippen LogP contribution in [0.2, 0.25) is 0 Å².